The Morgan fingerprint density at radius 2 is 1.85 bits per heavy atom. The fourth-order valence-electron chi connectivity index (χ4n) is 5.06. The molecule has 3 fully saturated rings. The van der Waals surface area contributed by atoms with E-state index in [1.807, 2.05) is 9.80 Å². The third kappa shape index (κ3) is 2.70. The predicted molar refractivity (Wildman–Crippen MR) is 100 cm³/mol. The molecule has 7 nitrogen and oxygen atoms in total. The van der Waals surface area contributed by atoms with Crippen LogP contribution in [0.25, 0.3) is 0 Å². The van der Waals surface area contributed by atoms with Crippen LogP contribution < -0.4 is 5.32 Å². The Kier molecular flexibility index (Phi) is 3.88. The molecule has 1 N–H and O–H groups in total. The normalized spacial score (nSPS) is 25.1. The average molecular weight is 369 g/mol. The molecule has 0 radical (unpaired) electrons. The van der Waals surface area contributed by atoms with Gasteiger partial charge in [-0.3, -0.25) is 9.59 Å². The van der Waals surface area contributed by atoms with Crippen LogP contribution in [0.2, 0.25) is 0 Å². The lowest BCUT2D eigenvalue weighted by Crippen LogP contribution is -2.41. The fourth-order valence-corrected chi connectivity index (χ4v) is 5.06. The second-order valence-electron chi connectivity index (χ2n) is 8.55. The number of aromatic nitrogens is 2. The first kappa shape index (κ1) is 17.0. The van der Waals surface area contributed by atoms with Gasteiger partial charge in [-0.1, -0.05) is 6.42 Å². The Hall–Kier alpha value is -2.18. The molecular formula is C20H27N5O2. The van der Waals surface area contributed by atoms with Crippen molar-refractivity contribution in [3.63, 3.8) is 0 Å². The van der Waals surface area contributed by atoms with E-state index in [1.54, 1.807) is 7.05 Å². The molecular weight excluding hydrogens is 342 g/mol. The molecule has 1 spiro atoms. The molecule has 1 aromatic rings. The summed E-state index contributed by atoms with van der Waals surface area (Å²) >= 11 is 0. The van der Waals surface area contributed by atoms with E-state index in [9.17, 15) is 9.59 Å². The molecule has 1 saturated heterocycles. The molecule has 1 aromatic heterocycles. The molecule has 3 heterocycles. The SMILES string of the molecule is CNc1nc2c(c(C(=O)N3CCCC3)n1)CN(C(=O)[C@@H]1CC13CCC3)CC2. The summed E-state index contributed by atoms with van der Waals surface area (Å²) in [5.74, 6) is 0.964. The Bertz CT molecular complexity index is 798. The molecule has 27 heavy (non-hydrogen) atoms. The molecule has 2 aliphatic heterocycles. The summed E-state index contributed by atoms with van der Waals surface area (Å²) in [7, 11) is 1.77. The van der Waals surface area contributed by atoms with Crippen molar-refractivity contribution in [3.8, 4) is 0 Å². The zero-order chi connectivity index (χ0) is 18.6. The first-order chi connectivity index (χ1) is 13.1. The second-order valence-corrected chi connectivity index (χ2v) is 8.55. The first-order valence-corrected chi connectivity index (χ1v) is 10.3. The zero-order valence-electron chi connectivity index (χ0n) is 16.0. The number of carbonyl (C=O) groups excluding carboxylic acids is 2. The minimum absolute atomic E-state index is 0.0150. The molecule has 2 saturated carbocycles. The minimum Gasteiger partial charge on any atom is -0.357 e. The topological polar surface area (TPSA) is 78.4 Å². The van der Waals surface area contributed by atoms with Crippen LogP contribution in [0.4, 0.5) is 5.95 Å². The smallest absolute Gasteiger partial charge is 0.273 e. The van der Waals surface area contributed by atoms with Crippen LogP contribution in [0.3, 0.4) is 0 Å². The monoisotopic (exact) mass is 369 g/mol. The van der Waals surface area contributed by atoms with Gasteiger partial charge >= 0.3 is 0 Å². The number of hydrogen-bond donors (Lipinski definition) is 1. The van der Waals surface area contributed by atoms with Crippen molar-refractivity contribution in [2.75, 3.05) is 32.0 Å². The first-order valence-electron chi connectivity index (χ1n) is 10.3. The molecule has 0 bridgehead atoms. The lowest BCUT2D eigenvalue weighted by Gasteiger charge is -2.32. The molecule has 0 unspecified atom stereocenters. The zero-order valence-corrected chi connectivity index (χ0v) is 16.0. The summed E-state index contributed by atoms with van der Waals surface area (Å²) in [5, 5.41) is 2.98. The lowest BCUT2D eigenvalue weighted by atomic mass is 9.79. The molecule has 4 aliphatic rings. The molecule has 2 aliphatic carbocycles. The number of hydrogen-bond acceptors (Lipinski definition) is 5. The van der Waals surface area contributed by atoms with Gasteiger partial charge in [0.2, 0.25) is 11.9 Å². The largest absolute Gasteiger partial charge is 0.357 e. The van der Waals surface area contributed by atoms with Crippen LogP contribution in [0.1, 0.15) is 60.3 Å². The van der Waals surface area contributed by atoms with Crippen LogP contribution in [0.15, 0.2) is 0 Å². The highest BCUT2D eigenvalue weighted by atomic mass is 16.2. The maximum Gasteiger partial charge on any atom is 0.273 e. The van der Waals surface area contributed by atoms with E-state index >= 15 is 0 Å². The quantitative estimate of drug-likeness (QED) is 0.879. The van der Waals surface area contributed by atoms with Gasteiger partial charge in [0.05, 0.1) is 5.69 Å². The number of amides is 2. The van der Waals surface area contributed by atoms with Gasteiger partial charge in [0.25, 0.3) is 5.91 Å². The van der Waals surface area contributed by atoms with Crippen molar-refractivity contribution in [1.82, 2.24) is 19.8 Å². The Balaban J connectivity index is 1.42. The van der Waals surface area contributed by atoms with Crippen LogP contribution in [-0.2, 0) is 17.8 Å². The highest BCUT2D eigenvalue weighted by molar-refractivity contribution is 5.95. The average Bonchev–Trinajstić information content (AvgIpc) is 3.22. The number of nitrogens with zero attached hydrogens (tertiary/aromatic N) is 4. The van der Waals surface area contributed by atoms with Crippen LogP contribution >= 0.6 is 0 Å². The summed E-state index contributed by atoms with van der Waals surface area (Å²) < 4.78 is 0. The standard InChI is InChI=1S/C20H27N5O2/c1-21-19-22-15-5-10-25(17(26)14-11-20(14)6-4-7-20)12-13(15)16(23-19)18(27)24-8-2-3-9-24/h14H,2-12H2,1H3,(H,21,22,23)/t14-/m0/s1. The number of nitrogens with one attached hydrogen (secondary N) is 1. The number of anilines is 1. The number of carbonyl (C=O) groups is 2. The van der Waals surface area contributed by atoms with E-state index in [0.717, 1.165) is 43.6 Å². The van der Waals surface area contributed by atoms with Gasteiger partial charge in [-0.15, -0.1) is 0 Å². The van der Waals surface area contributed by atoms with Crippen LogP contribution in [-0.4, -0.2) is 58.3 Å². The number of likely N-dealkylation sites (tertiary alicyclic amines) is 1. The number of fused-ring (bicyclic) bond motifs is 1. The van der Waals surface area contributed by atoms with E-state index in [0.29, 0.717) is 36.6 Å². The fraction of sp³-hybridized carbons (Fsp3) is 0.700. The van der Waals surface area contributed by atoms with E-state index in [1.165, 1.54) is 19.3 Å². The van der Waals surface area contributed by atoms with Crippen molar-refractivity contribution < 1.29 is 9.59 Å². The summed E-state index contributed by atoms with van der Waals surface area (Å²) in [6.07, 6.45) is 7.53. The summed E-state index contributed by atoms with van der Waals surface area (Å²) in [4.78, 5) is 39.0. The summed E-state index contributed by atoms with van der Waals surface area (Å²) in [6.45, 7) is 2.75. The van der Waals surface area contributed by atoms with Gasteiger partial charge in [0.15, 0.2) is 0 Å². The number of rotatable bonds is 3. The van der Waals surface area contributed by atoms with Crippen molar-refractivity contribution in [1.29, 1.82) is 0 Å². The van der Waals surface area contributed by atoms with Crippen molar-refractivity contribution in [2.24, 2.45) is 11.3 Å². The van der Waals surface area contributed by atoms with Crippen molar-refractivity contribution in [2.45, 2.75) is 51.5 Å². The molecule has 1 atom stereocenters. The lowest BCUT2D eigenvalue weighted by molar-refractivity contribution is -0.135. The van der Waals surface area contributed by atoms with E-state index in [4.69, 9.17) is 0 Å². The maximum atomic E-state index is 13.1. The molecule has 144 valence electrons. The Labute approximate surface area is 159 Å². The Morgan fingerprint density at radius 3 is 2.48 bits per heavy atom. The summed E-state index contributed by atoms with van der Waals surface area (Å²) in [6, 6.07) is 0. The third-order valence-electron chi connectivity index (χ3n) is 7.03. The van der Waals surface area contributed by atoms with Gasteiger partial charge in [-0.25, -0.2) is 9.97 Å². The van der Waals surface area contributed by atoms with E-state index in [-0.39, 0.29) is 17.7 Å². The van der Waals surface area contributed by atoms with Gasteiger partial charge in [-0.05, 0) is 37.5 Å². The molecule has 7 heteroatoms. The van der Waals surface area contributed by atoms with Crippen molar-refractivity contribution >= 4 is 17.8 Å². The highest BCUT2D eigenvalue weighted by Crippen LogP contribution is 2.66. The molecule has 2 amide bonds. The minimum atomic E-state index is -0.0150. The highest BCUT2D eigenvalue weighted by Gasteiger charge is 2.61. The molecule has 0 aromatic carbocycles. The van der Waals surface area contributed by atoms with Crippen LogP contribution in [0, 0.1) is 11.3 Å². The molecule has 5 rings (SSSR count). The maximum absolute atomic E-state index is 13.1. The van der Waals surface area contributed by atoms with E-state index in [2.05, 4.69) is 15.3 Å². The van der Waals surface area contributed by atoms with Gasteiger partial charge in [0.1, 0.15) is 5.69 Å². The van der Waals surface area contributed by atoms with Crippen LogP contribution in [0.5, 0.6) is 0 Å². The third-order valence-corrected chi connectivity index (χ3v) is 7.03. The van der Waals surface area contributed by atoms with Gasteiger partial charge in [-0.2, -0.15) is 0 Å². The van der Waals surface area contributed by atoms with Gasteiger partial charge < -0.3 is 15.1 Å². The van der Waals surface area contributed by atoms with Gasteiger partial charge in [0, 0.05) is 51.1 Å². The van der Waals surface area contributed by atoms with Crippen molar-refractivity contribution in [3.05, 3.63) is 17.0 Å². The summed E-state index contributed by atoms with van der Waals surface area (Å²) in [5.41, 5.74) is 2.58. The second kappa shape index (κ2) is 6.17. The van der Waals surface area contributed by atoms with E-state index < -0.39 is 0 Å². The predicted octanol–water partition coefficient (Wildman–Crippen LogP) is 1.83. The Morgan fingerprint density at radius 1 is 1.07 bits per heavy atom.